The van der Waals surface area contributed by atoms with Gasteiger partial charge in [0, 0.05) is 12.6 Å². The number of nitrogens with two attached hydrogens (primary N) is 1. The van der Waals surface area contributed by atoms with Crippen LogP contribution in [-0.2, 0) is 6.42 Å². The van der Waals surface area contributed by atoms with Crippen LogP contribution in [0.3, 0.4) is 0 Å². The van der Waals surface area contributed by atoms with Gasteiger partial charge in [-0.25, -0.2) is 0 Å². The van der Waals surface area contributed by atoms with Gasteiger partial charge < -0.3 is 11.1 Å². The van der Waals surface area contributed by atoms with Gasteiger partial charge in [0.1, 0.15) is 0 Å². The number of nitrogens with zero attached hydrogens (tertiary/aromatic N) is 2. The minimum atomic E-state index is 0.563. The first-order valence-electron chi connectivity index (χ1n) is 9.02. The maximum Gasteiger partial charge on any atom is 0.188 e. The highest BCUT2D eigenvalue weighted by Crippen LogP contribution is 2.18. The Hall–Kier alpha value is -2.07. The van der Waals surface area contributed by atoms with Gasteiger partial charge in [-0.1, -0.05) is 49.4 Å². The number of benzene rings is 2. The number of hydrogen-bond donors (Lipinski definition) is 2. The number of hydrogen-bond acceptors (Lipinski definition) is 2. The summed E-state index contributed by atoms with van der Waals surface area (Å²) in [5, 5.41) is 5.87. The minimum absolute atomic E-state index is 0.563. The van der Waals surface area contributed by atoms with Gasteiger partial charge in [-0.05, 0) is 48.7 Å². The van der Waals surface area contributed by atoms with E-state index in [2.05, 4.69) is 64.6 Å². The molecule has 1 fully saturated rings. The Morgan fingerprint density at radius 1 is 1.25 bits per heavy atom. The molecule has 0 amide bonds. The van der Waals surface area contributed by atoms with E-state index in [1.165, 1.54) is 35.7 Å². The average molecular weight is 324 g/mol. The maximum atomic E-state index is 6.04. The van der Waals surface area contributed by atoms with Crippen LogP contribution in [0.2, 0.25) is 0 Å². The second kappa shape index (κ2) is 8.15. The largest absolute Gasteiger partial charge is 0.370 e. The lowest BCUT2D eigenvalue weighted by Crippen LogP contribution is -2.36. The molecular formula is C20H28N4. The number of nitrogens with one attached hydrogen (secondary N) is 1. The third kappa shape index (κ3) is 4.06. The summed E-state index contributed by atoms with van der Waals surface area (Å²) in [6.07, 6.45) is 3.46. The van der Waals surface area contributed by atoms with E-state index in [1.807, 2.05) is 0 Å². The van der Waals surface area contributed by atoms with E-state index in [0.717, 1.165) is 26.1 Å². The molecule has 4 heteroatoms. The summed E-state index contributed by atoms with van der Waals surface area (Å²) in [4.78, 5) is 7.03. The third-order valence-corrected chi connectivity index (χ3v) is 4.96. The molecule has 0 aliphatic carbocycles. The molecule has 1 aliphatic rings. The fourth-order valence-electron chi connectivity index (χ4n) is 3.61. The summed E-state index contributed by atoms with van der Waals surface area (Å²) in [5.41, 5.74) is 7.38. The van der Waals surface area contributed by atoms with Crippen molar-refractivity contribution in [1.29, 1.82) is 0 Å². The molecule has 0 spiro atoms. The van der Waals surface area contributed by atoms with E-state index in [1.54, 1.807) is 0 Å². The topological polar surface area (TPSA) is 53.6 Å². The van der Waals surface area contributed by atoms with Crippen molar-refractivity contribution >= 4 is 16.7 Å². The van der Waals surface area contributed by atoms with E-state index >= 15 is 0 Å². The molecular weight excluding hydrogens is 296 g/mol. The molecule has 4 nitrogen and oxygen atoms in total. The molecule has 0 aromatic heterocycles. The van der Waals surface area contributed by atoms with Crippen LogP contribution in [0.4, 0.5) is 0 Å². The van der Waals surface area contributed by atoms with E-state index in [0.29, 0.717) is 12.0 Å². The van der Waals surface area contributed by atoms with E-state index in [4.69, 9.17) is 5.73 Å². The first kappa shape index (κ1) is 16.8. The Morgan fingerprint density at radius 3 is 2.96 bits per heavy atom. The minimum Gasteiger partial charge on any atom is -0.370 e. The maximum absolute atomic E-state index is 6.04. The predicted molar refractivity (Wildman–Crippen MR) is 102 cm³/mol. The monoisotopic (exact) mass is 324 g/mol. The van der Waals surface area contributed by atoms with Crippen molar-refractivity contribution in [1.82, 2.24) is 10.2 Å². The quantitative estimate of drug-likeness (QED) is 0.634. The van der Waals surface area contributed by atoms with Crippen LogP contribution in [0.25, 0.3) is 10.8 Å². The van der Waals surface area contributed by atoms with Crippen molar-refractivity contribution in [3.8, 4) is 0 Å². The van der Waals surface area contributed by atoms with Crippen LogP contribution >= 0.6 is 0 Å². The van der Waals surface area contributed by atoms with Crippen molar-refractivity contribution in [2.45, 2.75) is 32.2 Å². The molecule has 1 aliphatic heterocycles. The van der Waals surface area contributed by atoms with Crippen molar-refractivity contribution in [2.75, 3.05) is 26.2 Å². The Bertz CT molecular complexity index is 690. The Balaban J connectivity index is 1.51. The molecule has 2 aromatic carbocycles. The van der Waals surface area contributed by atoms with Crippen molar-refractivity contribution < 1.29 is 0 Å². The van der Waals surface area contributed by atoms with Crippen molar-refractivity contribution in [3.63, 3.8) is 0 Å². The van der Waals surface area contributed by atoms with Gasteiger partial charge in [-0.15, -0.1) is 0 Å². The highest BCUT2D eigenvalue weighted by atomic mass is 15.2. The predicted octanol–water partition coefficient (Wildman–Crippen LogP) is 2.77. The Labute approximate surface area is 144 Å². The molecule has 0 bridgehead atoms. The number of aliphatic imine (C=N–C) groups is 1. The smallest absolute Gasteiger partial charge is 0.188 e. The summed E-state index contributed by atoms with van der Waals surface area (Å²) in [6, 6.07) is 15.5. The molecule has 3 rings (SSSR count). The Morgan fingerprint density at radius 2 is 2.08 bits per heavy atom. The normalized spacial score (nSPS) is 19.0. The molecule has 1 atom stereocenters. The lowest BCUT2D eigenvalue weighted by molar-refractivity contribution is 0.273. The van der Waals surface area contributed by atoms with Gasteiger partial charge in [0.15, 0.2) is 5.96 Å². The van der Waals surface area contributed by atoms with Crippen molar-refractivity contribution in [3.05, 3.63) is 48.0 Å². The number of fused-ring (bicyclic) bond motifs is 1. The SMILES string of the molecule is CCN1CCCC1CN=C(N)NCCc1cccc2ccccc12. The molecule has 1 heterocycles. The zero-order valence-corrected chi connectivity index (χ0v) is 14.5. The number of rotatable bonds is 6. The fourth-order valence-corrected chi connectivity index (χ4v) is 3.61. The first-order valence-corrected chi connectivity index (χ1v) is 9.02. The van der Waals surface area contributed by atoms with Gasteiger partial charge in [0.2, 0.25) is 0 Å². The molecule has 0 saturated carbocycles. The number of guanidine groups is 1. The van der Waals surface area contributed by atoms with Gasteiger partial charge in [0.25, 0.3) is 0 Å². The second-order valence-electron chi connectivity index (χ2n) is 6.47. The van der Waals surface area contributed by atoms with E-state index < -0.39 is 0 Å². The van der Waals surface area contributed by atoms with E-state index in [9.17, 15) is 0 Å². The van der Waals surface area contributed by atoms with Gasteiger partial charge >= 0.3 is 0 Å². The molecule has 1 unspecified atom stereocenters. The standard InChI is InChI=1S/C20H28N4/c1-2-24-14-6-10-18(24)15-23-20(21)22-13-12-17-9-5-8-16-7-3-4-11-19(16)17/h3-5,7-9,11,18H,2,6,10,12-15H2,1H3,(H3,21,22,23). The number of likely N-dealkylation sites (N-methyl/N-ethyl adjacent to an activating group) is 1. The molecule has 3 N–H and O–H groups in total. The first-order chi connectivity index (χ1) is 11.8. The molecule has 24 heavy (non-hydrogen) atoms. The molecule has 2 aromatic rings. The third-order valence-electron chi connectivity index (χ3n) is 4.96. The van der Waals surface area contributed by atoms with Gasteiger partial charge in [0.05, 0.1) is 6.54 Å². The zero-order valence-electron chi connectivity index (χ0n) is 14.5. The summed E-state index contributed by atoms with van der Waals surface area (Å²) >= 11 is 0. The summed E-state index contributed by atoms with van der Waals surface area (Å²) < 4.78 is 0. The van der Waals surface area contributed by atoms with Crippen LogP contribution < -0.4 is 11.1 Å². The van der Waals surface area contributed by atoms with Gasteiger partial charge in [-0.3, -0.25) is 9.89 Å². The average Bonchev–Trinajstić information content (AvgIpc) is 3.08. The van der Waals surface area contributed by atoms with Crippen LogP contribution in [-0.4, -0.2) is 43.1 Å². The van der Waals surface area contributed by atoms with Crippen LogP contribution in [0.5, 0.6) is 0 Å². The van der Waals surface area contributed by atoms with Crippen molar-refractivity contribution in [2.24, 2.45) is 10.7 Å². The molecule has 0 radical (unpaired) electrons. The lowest BCUT2D eigenvalue weighted by Gasteiger charge is -2.21. The summed E-state index contributed by atoms with van der Waals surface area (Å²) in [7, 11) is 0. The highest BCUT2D eigenvalue weighted by Gasteiger charge is 2.22. The fraction of sp³-hybridized carbons (Fsp3) is 0.450. The van der Waals surface area contributed by atoms with E-state index in [-0.39, 0.29) is 0 Å². The molecule has 128 valence electrons. The van der Waals surface area contributed by atoms with Crippen LogP contribution in [0.1, 0.15) is 25.3 Å². The summed E-state index contributed by atoms with van der Waals surface area (Å²) in [6.45, 7) is 6.14. The molecule has 1 saturated heterocycles. The highest BCUT2D eigenvalue weighted by molar-refractivity contribution is 5.85. The number of likely N-dealkylation sites (tertiary alicyclic amines) is 1. The Kier molecular flexibility index (Phi) is 5.70. The second-order valence-corrected chi connectivity index (χ2v) is 6.47. The van der Waals surface area contributed by atoms with Crippen LogP contribution in [0.15, 0.2) is 47.5 Å². The zero-order chi connectivity index (χ0) is 16.8. The van der Waals surface area contributed by atoms with Crippen LogP contribution in [0, 0.1) is 0 Å². The lowest BCUT2D eigenvalue weighted by atomic mass is 10.0. The summed E-state index contributed by atoms with van der Waals surface area (Å²) in [5.74, 6) is 0.568. The van der Waals surface area contributed by atoms with Gasteiger partial charge in [-0.2, -0.15) is 0 Å².